The predicted molar refractivity (Wildman–Crippen MR) is 101 cm³/mol. The second kappa shape index (κ2) is 13.5. The Hall–Kier alpha value is -2.80. The number of urea groups is 1. The van der Waals surface area contributed by atoms with Crippen molar-refractivity contribution in [1.82, 2.24) is 15.6 Å². The van der Waals surface area contributed by atoms with Crippen molar-refractivity contribution in [2.75, 3.05) is 19.3 Å². The number of thiazole rings is 1. The van der Waals surface area contributed by atoms with Crippen LogP contribution in [0.15, 0.2) is 22.5 Å². The molecule has 26 heavy (non-hydrogen) atoms. The highest BCUT2D eigenvalue weighted by molar-refractivity contribution is 7.98. The number of hydrogen-bond acceptors (Lipinski definition) is 7. The van der Waals surface area contributed by atoms with Crippen molar-refractivity contribution < 1.29 is 24.6 Å². The van der Waals surface area contributed by atoms with Gasteiger partial charge in [0.15, 0.2) is 5.96 Å². The molecule has 0 aliphatic rings. The molecule has 0 bridgehead atoms. The van der Waals surface area contributed by atoms with Crippen LogP contribution in [0.3, 0.4) is 0 Å². The Morgan fingerprint density at radius 3 is 2.42 bits per heavy atom. The third kappa shape index (κ3) is 13.6. The SMILES string of the molecule is CNC(=O)NCCSCc1csc(N=C(N)N)n1.O=C(O)/C=C\C(=O)O. The number of aliphatic carboxylic acids is 2. The number of rotatable bonds is 8. The molecule has 0 saturated heterocycles. The summed E-state index contributed by atoms with van der Waals surface area (Å²) in [5.74, 6) is -0.910. The summed E-state index contributed by atoms with van der Waals surface area (Å²) in [6.07, 6.45) is 1.12. The molecule has 0 fully saturated rings. The molecule has 8 N–H and O–H groups in total. The summed E-state index contributed by atoms with van der Waals surface area (Å²) >= 11 is 3.08. The minimum absolute atomic E-state index is 0.0123. The summed E-state index contributed by atoms with van der Waals surface area (Å²) in [6, 6.07) is -0.167. The van der Waals surface area contributed by atoms with E-state index in [4.69, 9.17) is 21.7 Å². The van der Waals surface area contributed by atoms with Crippen molar-refractivity contribution in [3.63, 3.8) is 0 Å². The van der Waals surface area contributed by atoms with Crippen molar-refractivity contribution in [3.05, 3.63) is 23.2 Å². The van der Waals surface area contributed by atoms with E-state index < -0.39 is 11.9 Å². The molecule has 2 amide bonds. The number of nitrogens with one attached hydrogen (secondary N) is 2. The first-order chi connectivity index (χ1) is 12.2. The summed E-state index contributed by atoms with van der Waals surface area (Å²) in [7, 11) is 1.59. The van der Waals surface area contributed by atoms with Gasteiger partial charge in [-0.1, -0.05) is 0 Å². The fourth-order valence-corrected chi connectivity index (χ4v) is 2.73. The van der Waals surface area contributed by atoms with Gasteiger partial charge >= 0.3 is 18.0 Å². The molecule has 1 rings (SSSR count). The molecule has 0 atom stereocenters. The fourth-order valence-electron chi connectivity index (χ4n) is 1.17. The van der Waals surface area contributed by atoms with E-state index in [1.165, 1.54) is 11.3 Å². The van der Waals surface area contributed by atoms with Gasteiger partial charge in [0.25, 0.3) is 0 Å². The van der Waals surface area contributed by atoms with Gasteiger partial charge in [-0.25, -0.2) is 19.4 Å². The topological polar surface area (TPSA) is 193 Å². The van der Waals surface area contributed by atoms with Gasteiger partial charge in [0.2, 0.25) is 5.13 Å². The number of carboxylic acids is 2. The van der Waals surface area contributed by atoms with Crippen molar-refractivity contribution in [2.45, 2.75) is 5.75 Å². The maximum Gasteiger partial charge on any atom is 0.328 e. The number of carboxylic acid groups (broad SMARTS) is 2. The number of thioether (sulfide) groups is 1. The van der Waals surface area contributed by atoms with E-state index in [9.17, 15) is 14.4 Å². The van der Waals surface area contributed by atoms with Gasteiger partial charge in [0.1, 0.15) is 0 Å². The Morgan fingerprint density at radius 1 is 1.31 bits per heavy atom. The molecule has 0 unspecified atom stereocenters. The summed E-state index contributed by atoms with van der Waals surface area (Å²) < 4.78 is 0. The quantitative estimate of drug-likeness (QED) is 0.149. The molecule has 1 heterocycles. The zero-order chi connectivity index (χ0) is 19.9. The van der Waals surface area contributed by atoms with Crippen LogP contribution in [-0.2, 0) is 15.3 Å². The Bertz CT molecular complexity index is 641. The van der Waals surface area contributed by atoms with E-state index in [0.717, 1.165) is 17.2 Å². The maximum absolute atomic E-state index is 10.9. The molecule has 1 aromatic rings. The van der Waals surface area contributed by atoms with Gasteiger partial charge in [-0.05, 0) is 0 Å². The molecule has 0 radical (unpaired) electrons. The highest BCUT2D eigenvalue weighted by atomic mass is 32.2. The lowest BCUT2D eigenvalue weighted by Crippen LogP contribution is -2.34. The van der Waals surface area contributed by atoms with E-state index in [1.807, 2.05) is 5.38 Å². The molecule has 11 nitrogen and oxygen atoms in total. The molecule has 1 aromatic heterocycles. The number of guanidine groups is 1. The maximum atomic E-state index is 10.9. The van der Waals surface area contributed by atoms with Crippen molar-refractivity contribution in [3.8, 4) is 0 Å². The number of amides is 2. The van der Waals surface area contributed by atoms with Crippen molar-refractivity contribution >= 4 is 52.2 Å². The first-order valence-electron chi connectivity index (χ1n) is 6.96. The van der Waals surface area contributed by atoms with Gasteiger partial charge in [0, 0.05) is 42.6 Å². The van der Waals surface area contributed by atoms with Crippen molar-refractivity contribution in [1.29, 1.82) is 0 Å². The third-order valence-electron chi connectivity index (χ3n) is 2.14. The van der Waals surface area contributed by atoms with E-state index >= 15 is 0 Å². The van der Waals surface area contributed by atoms with Crippen LogP contribution in [0.5, 0.6) is 0 Å². The smallest absolute Gasteiger partial charge is 0.328 e. The van der Waals surface area contributed by atoms with Crippen LogP contribution in [0, 0.1) is 0 Å². The number of carbonyl (C=O) groups excluding carboxylic acids is 1. The van der Waals surface area contributed by atoms with E-state index in [2.05, 4.69) is 20.6 Å². The average molecular weight is 404 g/mol. The molecule has 0 aliphatic carbocycles. The van der Waals surface area contributed by atoms with E-state index in [1.54, 1.807) is 18.8 Å². The molecular formula is C13H20N6O5S2. The Morgan fingerprint density at radius 2 is 1.92 bits per heavy atom. The fraction of sp³-hybridized carbons (Fsp3) is 0.308. The zero-order valence-electron chi connectivity index (χ0n) is 13.8. The van der Waals surface area contributed by atoms with Gasteiger partial charge in [0.05, 0.1) is 5.69 Å². The van der Waals surface area contributed by atoms with Gasteiger partial charge in [-0.3, -0.25) is 0 Å². The second-order valence-corrected chi connectivity index (χ2v) is 6.17. The zero-order valence-corrected chi connectivity index (χ0v) is 15.5. The average Bonchev–Trinajstić information content (AvgIpc) is 2.99. The van der Waals surface area contributed by atoms with Gasteiger partial charge in [-0.15, -0.1) is 11.3 Å². The third-order valence-corrected chi connectivity index (χ3v) is 3.92. The summed E-state index contributed by atoms with van der Waals surface area (Å²) in [5, 5.41) is 23.3. The lowest BCUT2D eigenvalue weighted by molar-refractivity contribution is -0.134. The highest BCUT2D eigenvalue weighted by Gasteiger charge is 2.02. The van der Waals surface area contributed by atoms with Crippen molar-refractivity contribution in [2.24, 2.45) is 16.5 Å². The van der Waals surface area contributed by atoms with Crippen LogP contribution in [-0.4, -0.2) is 58.5 Å². The lowest BCUT2D eigenvalue weighted by Gasteiger charge is -2.02. The van der Waals surface area contributed by atoms with Crippen LogP contribution >= 0.6 is 23.1 Å². The molecule has 0 aliphatic heterocycles. The molecular weight excluding hydrogens is 384 g/mol. The minimum atomic E-state index is -1.26. The number of nitrogens with zero attached hydrogens (tertiary/aromatic N) is 2. The predicted octanol–water partition coefficient (Wildman–Crippen LogP) is -0.0780. The van der Waals surface area contributed by atoms with Gasteiger partial charge in [-0.2, -0.15) is 16.8 Å². The van der Waals surface area contributed by atoms with Crippen LogP contribution in [0.1, 0.15) is 5.69 Å². The van der Waals surface area contributed by atoms with E-state index in [0.29, 0.717) is 23.8 Å². The minimum Gasteiger partial charge on any atom is -0.478 e. The Labute approximate surface area is 157 Å². The molecule has 0 saturated carbocycles. The molecule has 144 valence electrons. The number of nitrogens with two attached hydrogens (primary N) is 2. The highest BCUT2D eigenvalue weighted by Crippen LogP contribution is 2.21. The van der Waals surface area contributed by atoms with Crippen LogP contribution < -0.4 is 22.1 Å². The Balaban J connectivity index is 0.000000660. The monoisotopic (exact) mass is 404 g/mol. The Kier molecular flexibility index (Phi) is 12.0. The van der Waals surface area contributed by atoms with E-state index in [-0.39, 0.29) is 12.0 Å². The lowest BCUT2D eigenvalue weighted by atomic mass is 10.5. The van der Waals surface area contributed by atoms with Crippen LogP contribution in [0.4, 0.5) is 9.93 Å². The summed E-state index contributed by atoms with van der Waals surface area (Å²) in [4.78, 5) is 38.1. The van der Waals surface area contributed by atoms with Gasteiger partial charge < -0.3 is 32.3 Å². The summed E-state index contributed by atoms with van der Waals surface area (Å²) in [6.45, 7) is 0.620. The second-order valence-electron chi connectivity index (χ2n) is 4.23. The largest absolute Gasteiger partial charge is 0.478 e. The molecule has 0 spiro atoms. The number of aliphatic imine (C=N–C) groups is 1. The number of carbonyl (C=O) groups is 3. The van der Waals surface area contributed by atoms with Crippen LogP contribution in [0.25, 0.3) is 0 Å². The number of hydrogen-bond donors (Lipinski definition) is 6. The number of aromatic nitrogens is 1. The molecule has 0 aromatic carbocycles. The van der Waals surface area contributed by atoms with Crippen LogP contribution in [0.2, 0.25) is 0 Å². The summed E-state index contributed by atoms with van der Waals surface area (Å²) in [5.41, 5.74) is 11.5. The molecule has 13 heteroatoms. The normalized spacial score (nSPS) is 9.73. The first kappa shape index (κ1) is 23.2. The standard InChI is InChI=1S/C9H16N6OS2.C4H4O4/c1-12-8(16)13-2-3-17-4-6-5-18-9(14-6)15-7(10)11;5-3(6)1-2-4(7)8/h5H,2-4H2,1H3,(H2,12,13,16)(H4,10,11,14,15);1-2H,(H,5,6)(H,7,8)/b;2-1-. The first-order valence-corrected chi connectivity index (χ1v) is 8.99.